The largest absolute Gasteiger partial charge is 0.462 e. The second-order valence-corrected chi connectivity index (χ2v) is 6.90. The van der Waals surface area contributed by atoms with E-state index in [4.69, 9.17) is 9.47 Å². The SMILES string of the molecule is CCCCOCCCNC(=NC)NC(C)c1nc(C)c(C(=O)OCC)s1.I. The van der Waals surface area contributed by atoms with E-state index in [-0.39, 0.29) is 36.0 Å². The van der Waals surface area contributed by atoms with Gasteiger partial charge in [-0.1, -0.05) is 13.3 Å². The van der Waals surface area contributed by atoms with Crippen LogP contribution in [0.4, 0.5) is 0 Å². The number of aryl methyl sites for hydroxylation is 1. The molecule has 7 nitrogen and oxygen atoms in total. The first-order valence-electron chi connectivity index (χ1n) is 9.22. The van der Waals surface area contributed by atoms with Gasteiger partial charge in [0.05, 0.1) is 18.3 Å². The zero-order valence-corrected chi connectivity index (χ0v) is 20.1. The van der Waals surface area contributed by atoms with Gasteiger partial charge in [0.2, 0.25) is 0 Å². The summed E-state index contributed by atoms with van der Waals surface area (Å²) in [5.41, 5.74) is 0.698. The monoisotopic (exact) mass is 512 g/mol. The van der Waals surface area contributed by atoms with E-state index in [9.17, 15) is 4.79 Å². The Morgan fingerprint density at radius 3 is 2.63 bits per heavy atom. The maximum Gasteiger partial charge on any atom is 0.350 e. The van der Waals surface area contributed by atoms with E-state index in [1.165, 1.54) is 11.3 Å². The minimum absolute atomic E-state index is 0. The molecule has 1 aromatic heterocycles. The van der Waals surface area contributed by atoms with Gasteiger partial charge in [-0.15, -0.1) is 35.3 Å². The smallest absolute Gasteiger partial charge is 0.350 e. The highest BCUT2D eigenvalue weighted by atomic mass is 127. The molecule has 27 heavy (non-hydrogen) atoms. The standard InChI is InChI=1S/C18H32N4O3S.HI/c1-6-8-11-24-12-9-10-20-18(19-5)22-14(4)16-21-13(3)15(26-16)17(23)25-7-2;/h14H,6-12H2,1-5H3,(H2,19,20,22);1H. The van der Waals surface area contributed by atoms with Crippen molar-refractivity contribution in [1.29, 1.82) is 0 Å². The van der Waals surface area contributed by atoms with Crippen molar-refractivity contribution in [3.05, 3.63) is 15.6 Å². The molecular formula is C18H33IN4O3S. The van der Waals surface area contributed by atoms with Crippen LogP contribution in [0.2, 0.25) is 0 Å². The van der Waals surface area contributed by atoms with Gasteiger partial charge in [-0.25, -0.2) is 9.78 Å². The summed E-state index contributed by atoms with van der Waals surface area (Å²) in [4.78, 5) is 21.2. The number of thiazole rings is 1. The fourth-order valence-electron chi connectivity index (χ4n) is 2.18. The van der Waals surface area contributed by atoms with Gasteiger partial charge in [-0.3, -0.25) is 4.99 Å². The van der Waals surface area contributed by atoms with Crippen molar-refractivity contribution in [2.45, 2.75) is 53.0 Å². The minimum atomic E-state index is -0.313. The summed E-state index contributed by atoms with van der Waals surface area (Å²) < 4.78 is 10.6. The summed E-state index contributed by atoms with van der Waals surface area (Å²) in [6.07, 6.45) is 3.18. The first-order chi connectivity index (χ1) is 12.5. The molecule has 1 heterocycles. The Morgan fingerprint density at radius 2 is 2.00 bits per heavy atom. The van der Waals surface area contributed by atoms with Gasteiger partial charge in [0.1, 0.15) is 9.88 Å². The predicted octanol–water partition coefficient (Wildman–Crippen LogP) is 3.68. The molecule has 0 radical (unpaired) electrons. The Morgan fingerprint density at radius 1 is 1.30 bits per heavy atom. The molecule has 0 spiro atoms. The molecule has 9 heteroatoms. The Labute approximate surface area is 183 Å². The highest BCUT2D eigenvalue weighted by Gasteiger charge is 2.19. The Kier molecular flexibility index (Phi) is 14.5. The van der Waals surface area contributed by atoms with Crippen LogP contribution in [0, 0.1) is 6.92 Å². The average Bonchev–Trinajstić information content (AvgIpc) is 3.02. The summed E-state index contributed by atoms with van der Waals surface area (Å²) in [5, 5.41) is 7.40. The normalized spacial score (nSPS) is 12.3. The van der Waals surface area contributed by atoms with E-state index >= 15 is 0 Å². The number of halogens is 1. The van der Waals surface area contributed by atoms with Crippen molar-refractivity contribution in [2.24, 2.45) is 4.99 Å². The third-order valence-corrected chi connectivity index (χ3v) is 4.94. The molecule has 0 aliphatic heterocycles. The molecular weight excluding hydrogens is 479 g/mol. The molecule has 2 N–H and O–H groups in total. The molecule has 0 aliphatic carbocycles. The maximum atomic E-state index is 11.9. The quantitative estimate of drug-likeness (QED) is 0.155. The lowest BCUT2D eigenvalue weighted by Crippen LogP contribution is -2.39. The number of carbonyl (C=O) groups excluding carboxylic acids is 1. The minimum Gasteiger partial charge on any atom is -0.462 e. The van der Waals surface area contributed by atoms with Crippen LogP contribution >= 0.6 is 35.3 Å². The van der Waals surface area contributed by atoms with Crippen molar-refractivity contribution in [3.8, 4) is 0 Å². The lowest BCUT2D eigenvalue weighted by atomic mass is 10.3. The van der Waals surface area contributed by atoms with Gasteiger partial charge >= 0.3 is 5.97 Å². The number of rotatable bonds is 11. The zero-order valence-electron chi connectivity index (χ0n) is 17.0. The average molecular weight is 512 g/mol. The van der Waals surface area contributed by atoms with Gasteiger partial charge in [-0.05, 0) is 33.6 Å². The van der Waals surface area contributed by atoms with Crippen LogP contribution in [0.15, 0.2) is 4.99 Å². The molecule has 0 saturated carbocycles. The number of hydrogen-bond acceptors (Lipinski definition) is 6. The van der Waals surface area contributed by atoms with Crippen LogP contribution in [-0.4, -0.2) is 50.3 Å². The first kappa shape index (κ1) is 26.1. The number of hydrogen-bond donors (Lipinski definition) is 2. The van der Waals surface area contributed by atoms with Gasteiger partial charge < -0.3 is 20.1 Å². The molecule has 0 aromatic carbocycles. The molecule has 156 valence electrons. The van der Waals surface area contributed by atoms with E-state index in [0.29, 0.717) is 23.1 Å². The summed E-state index contributed by atoms with van der Waals surface area (Å²) in [6.45, 7) is 10.5. The van der Waals surface area contributed by atoms with Crippen molar-refractivity contribution >= 4 is 47.2 Å². The van der Waals surface area contributed by atoms with Gasteiger partial charge in [-0.2, -0.15) is 0 Å². The second kappa shape index (κ2) is 15.0. The number of ether oxygens (including phenoxy) is 2. The van der Waals surface area contributed by atoms with E-state index in [2.05, 4.69) is 27.5 Å². The Balaban J connectivity index is 0.00000676. The van der Waals surface area contributed by atoms with Gasteiger partial charge in [0.25, 0.3) is 0 Å². The van der Waals surface area contributed by atoms with Crippen molar-refractivity contribution < 1.29 is 14.3 Å². The number of nitrogens with zero attached hydrogens (tertiary/aromatic N) is 2. The van der Waals surface area contributed by atoms with Gasteiger partial charge in [0.15, 0.2) is 5.96 Å². The summed E-state index contributed by atoms with van der Waals surface area (Å²) in [6, 6.07) is -0.0612. The number of carbonyl (C=O) groups is 1. The molecule has 1 unspecified atom stereocenters. The molecule has 1 aromatic rings. The van der Waals surface area contributed by atoms with Crippen LogP contribution in [0.1, 0.15) is 66.4 Å². The number of guanidine groups is 1. The summed E-state index contributed by atoms with van der Waals surface area (Å²) >= 11 is 1.36. The van der Waals surface area contributed by atoms with Crippen LogP contribution in [-0.2, 0) is 9.47 Å². The molecule has 0 bridgehead atoms. The maximum absolute atomic E-state index is 11.9. The van der Waals surface area contributed by atoms with Crippen molar-refractivity contribution in [2.75, 3.05) is 33.4 Å². The lowest BCUT2D eigenvalue weighted by molar-refractivity contribution is 0.0531. The first-order valence-corrected chi connectivity index (χ1v) is 10.0. The van der Waals surface area contributed by atoms with E-state index in [1.807, 2.05) is 13.8 Å². The predicted molar refractivity (Wildman–Crippen MR) is 121 cm³/mol. The van der Waals surface area contributed by atoms with E-state index in [0.717, 1.165) is 44.0 Å². The summed E-state index contributed by atoms with van der Waals surface area (Å²) in [7, 11) is 1.73. The summed E-state index contributed by atoms with van der Waals surface area (Å²) in [5.74, 6) is 0.392. The van der Waals surface area contributed by atoms with Crippen molar-refractivity contribution in [3.63, 3.8) is 0 Å². The highest BCUT2D eigenvalue weighted by Crippen LogP contribution is 2.24. The van der Waals surface area contributed by atoms with E-state index in [1.54, 1.807) is 14.0 Å². The number of aromatic nitrogens is 1. The number of aliphatic imine (C=N–C) groups is 1. The molecule has 0 aliphatic rings. The number of esters is 1. The molecule has 1 rings (SSSR count). The third-order valence-electron chi connectivity index (χ3n) is 3.62. The van der Waals surface area contributed by atoms with Crippen LogP contribution in [0.5, 0.6) is 0 Å². The fourth-order valence-corrected chi connectivity index (χ4v) is 3.14. The van der Waals surface area contributed by atoms with Crippen LogP contribution < -0.4 is 10.6 Å². The molecule has 1 atom stereocenters. The number of nitrogens with one attached hydrogen (secondary N) is 2. The lowest BCUT2D eigenvalue weighted by Gasteiger charge is -2.16. The zero-order chi connectivity index (χ0) is 19.4. The molecule has 0 amide bonds. The van der Waals surface area contributed by atoms with E-state index < -0.39 is 0 Å². The molecule has 0 saturated heterocycles. The third kappa shape index (κ3) is 9.70. The van der Waals surface area contributed by atoms with Crippen LogP contribution in [0.25, 0.3) is 0 Å². The Bertz CT molecular complexity index is 581. The van der Waals surface area contributed by atoms with Crippen molar-refractivity contribution in [1.82, 2.24) is 15.6 Å². The number of unbranched alkanes of at least 4 members (excludes halogenated alkanes) is 1. The topological polar surface area (TPSA) is 84.8 Å². The second-order valence-electron chi connectivity index (χ2n) is 5.87. The van der Waals surface area contributed by atoms with Crippen LogP contribution in [0.3, 0.4) is 0 Å². The highest BCUT2D eigenvalue weighted by molar-refractivity contribution is 14.0. The Hall–Kier alpha value is -0.940. The molecule has 0 fully saturated rings. The fraction of sp³-hybridized carbons (Fsp3) is 0.722. The van der Waals surface area contributed by atoms with Gasteiger partial charge in [0, 0.05) is 26.8 Å².